The normalized spacial score (nSPS) is 13.8. The zero-order chi connectivity index (χ0) is 46.2. The number of unbranched alkanes of at least 4 members (excludes halogenated alkanes) is 32. The number of hydrogen-bond acceptors (Lipinski definition) is 9. The van der Waals surface area contributed by atoms with Gasteiger partial charge >= 0.3 is 19.8 Å². The van der Waals surface area contributed by atoms with Gasteiger partial charge in [0.2, 0.25) is 0 Å². The summed E-state index contributed by atoms with van der Waals surface area (Å²) in [6, 6.07) is 0. The van der Waals surface area contributed by atoms with Crippen molar-refractivity contribution in [2.24, 2.45) is 0 Å². The van der Waals surface area contributed by atoms with Crippen molar-refractivity contribution in [3.8, 4) is 0 Å². The quantitative estimate of drug-likeness (QED) is 0.0233. The van der Waals surface area contributed by atoms with E-state index in [-0.39, 0.29) is 19.4 Å². The van der Waals surface area contributed by atoms with Crippen molar-refractivity contribution in [2.75, 3.05) is 26.4 Å². The van der Waals surface area contributed by atoms with Gasteiger partial charge in [-0.1, -0.05) is 224 Å². The Kier molecular flexibility index (Phi) is 47.2. The van der Waals surface area contributed by atoms with Gasteiger partial charge in [-0.25, -0.2) is 4.57 Å². The highest BCUT2D eigenvalue weighted by Gasteiger charge is 2.27. The van der Waals surface area contributed by atoms with E-state index in [1.165, 1.54) is 167 Å². The van der Waals surface area contributed by atoms with Gasteiger partial charge in [-0.3, -0.25) is 18.6 Å². The monoisotopic (exact) mass is 915 g/mol. The predicted molar refractivity (Wildman–Crippen MR) is 261 cm³/mol. The molecule has 0 saturated carbocycles. The number of aliphatic hydroxyl groups is 2. The van der Waals surface area contributed by atoms with Crippen LogP contribution in [0.25, 0.3) is 0 Å². The van der Waals surface area contributed by atoms with Crippen LogP contribution >= 0.6 is 7.82 Å². The van der Waals surface area contributed by atoms with Gasteiger partial charge in [0.05, 0.1) is 19.8 Å². The highest BCUT2D eigenvalue weighted by Crippen LogP contribution is 2.43. The molecule has 0 aromatic carbocycles. The zero-order valence-electron chi connectivity index (χ0n) is 40.8. The Balaban J connectivity index is 4.15. The lowest BCUT2D eigenvalue weighted by Gasteiger charge is -2.20. The van der Waals surface area contributed by atoms with Crippen LogP contribution in [0.15, 0.2) is 24.3 Å². The lowest BCUT2D eigenvalue weighted by molar-refractivity contribution is -0.161. The van der Waals surface area contributed by atoms with Gasteiger partial charge in [-0.15, -0.1) is 0 Å². The number of hydrogen-bond donors (Lipinski definition) is 3. The maximum Gasteiger partial charge on any atom is 0.472 e. The average Bonchev–Trinajstić information content (AvgIpc) is 3.27. The van der Waals surface area contributed by atoms with E-state index in [0.29, 0.717) is 12.8 Å². The van der Waals surface area contributed by atoms with Crippen molar-refractivity contribution in [1.82, 2.24) is 0 Å². The van der Waals surface area contributed by atoms with Gasteiger partial charge < -0.3 is 24.6 Å². The molecule has 0 aliphatic carbocycles. The summed E-state index contributed by atoms with van der Waals surface area (Å²) in [5.41, 5.74) is 0. The SMILES string of the molecule is CCCCCCC/C=C\C/C=C\CCCCCCCCCCCC(=O)OC(COC(=O)CCCCCCCCCCCCCCCCCCCCC)COP(=O)(O)OCC(O)CO. The maximum absolute atomic E-state index is 12.7. The van der Waals surface area contributed by atoms with E-state index in [2.05, 4.69) is 38.2 Å². The molecular weight excluding hydrogens is 816 g/mol. The Morgan fingerprint density at radius 2 is 0.825 bits per heavy atom. The molecule has 0 bridgehead atoms. The molecule has 10 nitrogen and oxygen atoms in total. The fourth-order valence-electron chi connectivity index (χ4n) is 7.56. The van der Waals surface area contributed by atoms with Crippen LogP contribution in [-0.2, 0) is 32.7 Å². The van der Waals surface area contributed by atoms with Crippen molar-refractivity contribution in [2.45, 2.75) is 270 Å². The molecule has 0 rings (SSSR count). The van der Waals surface area contributed by atoms with Crippen molar-refractivity contribution < 1.29 is 47.8 Å². The van der Waals surface area contributed by atoms with Gasteiger partial charge in [-0.2, -0.15) is 0 Å². The first-order chi connectivity index (χ1) is 30.7. The lowest BCUT2D eigenvalue weighted by atomic mass is 10.0. The van der Waals surface area contributed by atoms with Crippen molar-refractivity contribution in [1.29, 1.82) is 0 Å². The molecule has 3 atom stereocenters. The van der Waals surface area contributed by atoms with Gasteiger partial charge in [0, 0.05) is 12.8 Å². The first-order valence-electron chi connectivity index (χ1n) is 26.3. The molecule has 0 aromatic rings. The minimum atomic E-state index is -4.62. The van der Waals surface area contributed by atoms with Crippen molar-refractivity contribution in [3.63, 3.8) is 0 Å². The number of carbonyl (C=O) groups excluding carboxylic acids is 2. The Morgan fingerprint density at radius 3 is 1.22 bits per heavy atom. The molecule has 63 heavy (non-hydrogen) atoms. The molecule has 0 aliphatic heterocycles. The van der Waals surface area contributed by atoms with Crippen LogP contribution in [0, 0.1) is 0 Å². The van der Waals surface area contributed by atoms with Crippen LogP contribution in [0.1, 0.15) is 258 Å². The molecule has 0 amide bonds. The molecule has 0 radical (unpaired) electrons. The number of carbonyl (C=O) groups is 2. The minimum Gasteiger partial charge on any atom is -0.462 e. The molecular formula is C52H99O10P. The number of aliphatic hydroxyl groups excluding tert-OH is 2. The fourth-order valence-corrected chi connectivity index (χ4v) is 8.35. The molecule has 0 fully saturated rings. The molecule has 0 spiro atoms. The third-order valence-corrected chi connectivity index (χ3v) is 12.6. The fraction of sp³-hybridized carbons (Fsp3) is 0.885. The molecule has 372 valence electrons. The number of rotatable bonds is 50. The Bertz CT molecular complexity index is 1100. The number of phosphoric ester groups is 1. The highest BCUT2D eigenvalue weighted by molar-refractivity contribution is 7.47. The maximum atomic E-state index is 12.7. The van der Waals surface area contributed by atoms with E-state index in [4.69, 9.17) is 23.6 Å². The molecule has 0 saturated heterocycles. The van der Waals surface area contributed by atoms with Crippen LogP contribution in [-0.4, -0.2) is 65.7 Å². The largest absolute Gasteiger partial charge is 0.472 e. The number of allylic oxidation sites excluding steroid dienone is 4. The van der Waals surface area contributed by atoms with Crippen LogP contribution in [0.5, 0.6) is 0 Å². The number of esters is 2. The first kappa shape index (κ1) is 61.5. The number of phosphoric acid groups is 1. The Hall–Kier alpha value is -1.55. The summed E-state index contributed by atoms with van der Waals surface area (Å²) < 4.78 is 32.9. The molecule has 0 heterocycles. The summed E-state index contributed by atoms with van der Waals surface area (Å²) in [5.74, 6) is -0.915. The summed E-state index contributed by atoms with van der Waals surface area (Å²) in [5, 5.41) is 18.4. The van der Waals surface area contributed by atoms with Crippen LogP contribution in [0.4, 0.5) is 0 Å². The second-order valence-corrected chi connectivity index (χ2v) is 19.4. The van der Waals surface area contributed by atoms with Gasteiger partial charge in [0.1, 0.15) is 12.7 Å². The third kappa shape index (κ3) is 48.2. The van der Waals surface area contributed by atoms with Crippen LogP contribution < -0.4 is 0 Å². The lowest BCUT2D eigenvalue weighted by Crippen LogP contribution is -2.29. The molecule has 11 heteroatoms. The van der Waals surface area contributed by atoms with E-state index in [1.807, 2.05) is 0 Å². The van der Waals surface area contributed by atoms with E-state index in [9.17, 15) is 24.2 Å². The molecule has 0 aliphatic rings. The van der Waals surface area contributed by atoms with Crippen molar-refractivity contribution in [3.05, 3.63) is 24.3 Å². The van der Waals surface area contributed by atoms with Gasteiger partial charge in [0.15, 0.2) is 6.10 Å². The summed E-state index contributed by atoms with van der Waals surface area (Å²) in [6.45, 7) is 2.42. The second kappa shape index (κ2) is 48.4. The Morgan fingerprint density at radius 1 is 0.476 bits per heavy atom. The van der Waals surface area contributed by atoms with E-state index >= 15 is 0 Å². The van der Waals surface area contributed by atoms with E-state index in [0.717, 1.165) is 51.4 Å². The second-order valence-electron chi connectivity index (χ2n) is 17.9. The van der Waals surface area contributed by atoms with Crippen LogP contribution in [0.3, 0.4) is 0 Å². The van der Waals surface area contributed by atoms with Gasteiger partial charge in [0.25, 0.3) is 0 Å². The summed E-state index contributed by atoms with van der Waals surface area (Å²) in [7, 11) is -4.62. The number of ether oxygens (including phenoxy) is 2. The van der Waals surface area contributed by atoms with Crippen LogP contribution in [0.2, 0.25) is 0 Å². The predicted octanol–water partition coefficient (Wildman–Crippen LogP) is 14.9. The van der Waals surface area contributed by atoms with E-state index < -0.39 is 51.8 Å². The standard InChI is InChI=1S/C52H99O10P/c1-3-5-7-9-11-13-15-17-19-21-23-24-26-28-30-32-34-36-38-40-42-44-52(56)62-50(48-61-63(57,58)60-46-49(54)45-53)47-59-51(55)43-41-39-37-35-33-31-29-27-25-22-20-18-16-14-12-10-8-6-4-2/h15,17,21,23,49-50,53-54H,3-14,16,18-20,22,24-48H2,1-2H3,(H,57,58)/b17-15-,23-21-. The molecule has 0 aromatic heterocycles. The topological polar surface area (TPSA) is 149 Å². The zero-order valence-corrected chi connectivity index (χ0v) is 41.7. The smallest absolute Gasteiger partial charge is 0.462 e. The first-order valence-corrected chi connectivity index (χ1v) is 27.8. The molecule has 3 N–H and O–H groups in total. The summed E-state index contributed by atoms with van der Waals surface area (Å²) in [4.78, 5) is 35.2. The third-order valence-electron chi connectivity index (χ3n) is 11.6. The van der Waals surface area contributed by atoms with Gasteiger partial charge in [-0.05, 0) is 44.9 Å². The minimum absolute atomic E-state index is 0.183. The Labute approximate surface area is 387 Å². The highest BCUT2D eigenvalue weighted by atomic mass is 31.2. The average molecular weight is 915 g/mol. The molecule has 3 unspecified atom stereocenters. The summed E-state index contributed by atoms with van der Waals surface area (Å²) in [6.07, 6.45) is 51.4. The van der Waals surface area contributed by atoms with E-state index in [1.54, 1.807) is 0 Å². The van der Waals surface area contributed by atoms with Crippen molar-refractivity contribution >= 4 is 19.8 Å². The summed E-state index contributed by atoms with van der Waals surface area (Å²) >= 11 is 0.